The number of benzene rings is 4. The van der Waals surface area contributed by atoms with Gasteiger partial charge in [0.15, 0.2) is 0 Å². The van der Waals surface area contributed by atoms with E-state index >= 15 is 0 Å². The van der Waals surface area contributed by atoms with Gasteiger partial charge in [0, 0.05) is 17.7 Å². The minimum Gasteiger partial charge on any atom is -0.457 e. The maximum absolute atomic E-state index is 14.3. The normalized spacial score (nSPS) is 12.5. The number of thioether (sulfide) groups is 1. The lowest BCUT2D eigenvalue weighted by Crippen LogP contribution is -2.36. The molecule has 0 heterocycles. The Hall–Kier alpha value is -3.83. The highest BCUT2D eigenvalue weighted by Crippen LogP contribution is 2.42. The minimum absolute atomic E-state index is 0.217. The van der Waals surface area contributed by atoms with Gasteiger partial charge in [-0.05, 0) is 42.0 Å². The first-order valence-electron chi connectivity index (χ1n) is 12.3. The molecule has 188 valence electrons. The van der Waals surface area contributed by atoms with Crippen molar-refractivity contribution < 1.29 is 14.3 Å². The van der Waals surface area contributed by atoms with E-state index in [-0.39, 0.29) is 11.8 Å². The molecule has 5 heteroatoms. The van der Waals surface area contributed by atoms with Crippen LogP contribution in [0.15, 0.2) is 114 Å². The van der Waals surface area contributed by atoms with Crippen molar-refractivity contribution >= 4 is 29.3 Å². The second-order valence-corrected chi connectivity index (χ2v) is 9.80. The second kappa shape index (κ2) is 12.4. The molecule has 4 nitrogen and oxygen atoms in total. The van der Waals surface area contributed by atoms with Crippen molar-refractivity contribution in [3.63, 3.8) is 0 Å². The van der Waals surface area contributed by atoms with E-state index in [0.717, 1.165) is 32.8 Å². The van der Waals surface area contributed by atoms with Gasteiger partial charge in [-0.1, -0.05) is 103 Å². The molecule has 1 amide bonds. The summed E-state index contributed by atoms with van der Waals surface area (Å²) in [5, 5.41) is 3.17. The molecule has 0 aromatic heterocycles. The molecule has 2 atom stereocenters. The van der Waals surface area contributed by atoms with E-state index in [1.165, 1.54) is 6.92 Å². The molecule has 4 aromatic rings. The van der Waals surface area contributed by atoms with E-state index in [4.69, 9.17) is 4.74 Å². The fraction of sp³-hybridized carbons (Fsp3) is 0.188. The van der Waals surface area contributed by atoms with Crippen LogP contribution < -0.4 is 5.32 Å². The molecule has 0 aliphatic carbocycles. The third-order valence-electron chi connectivity index (χ3n) is 6.37. The first kappa shape index (κ1) is 26.2. The largest absolute Gasteiger partial charge is 0.457 e. The number of carbonyl (C=O) groups excluding carboxylic acids is 2. The zero-order valence-electron chi connectivity index (χ0n) is 21.3. The lowest BCUT2D eigenvalue weighted by Gasteiger charge is -2.33. The first-order valence-corrected chi connectivity index (χ1v) is 13.5. The monoisotopic (exact) mass is 509 g/mol. The average Bonchev–Trinajstić information content (AvgIpc) is 2.92. The maximum atomic E-state index is 14.3. The van der Waals surface area contributed by atoms with Crippen molar-refractivity contribution in [2.24, 2.45) is 5.92 Å². The van der Waals surface area contributed by atoms with Crippen LogP contribution >= 0.6 is 11.8 Å². The summed E-state index contributed by atoms with van der Waals surface area (Å²) in [6, 6.07) is 35.4. The van der Waals surface area contributed by atoms with Crippen molar-refractivity contribution in [1.82, 2.24) is 0 Å². The Morgan fingerprint density at radius 3 is 1.81 bits per heavy atom. The predicted molar refractivity (Wildman–Crippen MR) is 151 cm³/mol. The summed E-state index contributed by atoms with van der Waals surface area (Å²) >= 11 is 1.57. The quantitative estimate of drug-likeness (QED) is 0.189. The smallest absolute Gasteiger partial charge is 0.303 e. The van der Waals surface area contributed by atoms with Crippen LogP contribution in [-0.2, 0) is 14.3 Å². The molecule has 2 unspecified atom stereocenters. The number of ether oxygens (including phenoxy) is 1. The zero-order valence-corrected chi connectivity index (χ0v) is 22.1. The Balaban J connectivity index is 1.90. The number of carbonyl (C=O) groups is 2. The number of anilines is 1. The molecule has 0 bridgehead atoms. The van der Waals surface area contributed by atoms with Gasteiger partial charge >= 0.3 is 5.97 Å². The Morgan fingerprint density at radius 2 is 1.27 bits per heavy atom. The van der Waals surface area contributed by atoms with Crippen LogP contribution in [0.5, 0.6) is 0 Å². The van der Waals surface area contributed by atoms with Crippen molar-refractivity contribution in [2.45, 2.75) is 30.8 Å². The van der Waals surface area contributed by atoms with Crippen LogP contribution in [0.25, 0.3) is 0 Å². The van der Waals surface area contributed by atoms with Gasteiger partial charge in [0.25, 0.3) is 0 Å². The fourth-order valence-electron chi connectivity index (χ4n) is 4.64. The van der Waals surface area contributed by atoms with Crippen LogP contribution in [0.2, 0.25) is 0 Å². The van der Waals surface area contributed by atoms with Gasteiger partial charge < -0.3 is 10.1 Å². The summed E-state index contributed by atoms with van der Waals surface area (Å²) in [6.07, 6.45) is 1.18. The number of rotatable bonds is 9. The van der Waals surface area contributed by atoms with Gasteiger partial charge in [0.2, 0.25) is 5.91 Å². The summed E-state index contributed by atoms with van der Waals surface area (Å²) in [5.41, 5.74) is 4.53. The predicted octanol–water partition coefficient (Wildman–Crippen LogP) is 7.41. The van der Waals surface area contributed by atoms with Crippen molar-refractivity contribution in [3.05, 3.63) is 131 Å². The fourth-order valence-corrected chi connectivity index (χ4v) is 5.19. The van der Waals surface area contributed by atoms with Crippen molar-refractivity contribution in [3.8, 4) is 0 Å². The Kier molecular flexibility index (Phi) is 8.81. The average molecular weight is 510 g/mol. The standard InChI is InChI=1S/C32H31NO3S/c1-22-18-20-26(21-19-22)31(36-23(2)34)30(32(35)33-27-16-10-11-17-28(27)37-3)29(24-12-6-4-7-13-24)25-14-8-5-9-15-25/h4-21,29-31H,1-3H3,(H,33,35). The van der Waals surface area contributed by atoms with Crippen LogP contribution in [0, 0.1) is 12.8 Å². The summed E-state index contributed by atoms with van der Waals surface area (Å²) < 4.78 is 5.97. The van der Waals surface area contributed by atoms with E-state index in [1.807, 2.05) is 122 Å². The SMILES string of the molecule is CSc1ccccc1NC(=O)C(C(OC(C)=O)c1ccc(C)cc1)C(c1ccccc1)c1ccccc1. The third-order valence-corrected chi connectivity index (χ3v) is 7.16. The van der Waals surface area contributed by atoms with Gasteiger partial charge in [-0.2, -0.15) is 0 Å². The van der Waals surface area contributed by atoms with E-state index in [2.05, 4.69) is 5.32 Å². The molecule has 37 heavy (non-hydrogen) atoms. The molecule has 4 rings (SSSR count). The highest BCUT2D eigenvalue weighted by atomic mass is 32.2. The molecular weight excluding hydrogens is 478 g/mol. The van der Waals surface area contributed by atoms with Crippen molar-refractivity contribution in [2.75, 3.05) is 11.6 Å². The molecule has 0 aliphatic heterocycles. The van der Waals surface area contributed by atoms with Gasteiger partial charge in [0.1, 0.15) is 6.10 Å². The molecule has 0 spiro atoms. The third kappa shape index (κ3) is 6.49. The number of para-hydroxylation sites is 1. The lowest BCUT2D eigenvalue weighted by molar-refractivity contribution is -0.151. The number of hydrogen-bond donors (Lipinski definition) is 1. The van der Waals surface area contributed by atoms with Gasteiger partial charge in [-0.3, -0.25) is 9.59 Å². The van der Waals surface area contributed by atoms with E-state index in [1.54, 1.807) is 11.8 Å². The van der Waals surface area contributed by atoms with Gasteiger partial charge in [0.05, 0.1) is 11.6 Å². The number of amides is 1. The second-order valence-electron chi connectivity index (χ2n) is 8.96. The number of hydrogen-bond acceptors (Lipinski definition) is 4. The minimum atomic E-state index is -0.801. The van der Waals surface area contributed by atoms with Gasteiger partial charge in [-0.25, -0.2) is 0 Å². The topological polar surface area (TPSA) is 55.4 Å². The summed E-state index contributed by atoms with van der Waals surface area (Å²) in [5.74, 6) is -1.76. The molecule has 0 fully saturated rings. The molecular formula is C32H31NO3S. The molecule has 0 radical (unpaired) electrons. The van der Waals surface area contributed by atoms with E-state index in [0.29, 0.717) is 0 Å². The van der Waals surface area contributed by atoms with Crippen molar-refractivity contribution in [1.29, 1.82) is 0 Å². The number of aryl methyl sites for hydroxylation is 1. The maximum Gasteiger partial charge on any atom is 0.303 e. The molecule has 4 aromatic carbocycles. The van der Waals surface area contributed by atoms with Crippen LogP contribution in [0.1, 0.15) is 41.2 Å². The molecule has 0 saturated heterocycles. The van der Waals surface area contributed by atoms with Gasteiger partial charge in [-0.15, -0.1) is 11.8 Å². The zero-order chi connectivity index (χ0) is 26.2. The molecule has 0 aliphatic rings. The summed E-state index contributed by atoms with van der Waals surface area (Å²) in [7, 11) is 0. The van der Waals surface area contributed by atoms with E-state index in [9.17, 15) is 9.59 Å². The van der Waals surface area contributed by atoms with Crippen LogP contribution in [0.4, 0.5) is 5.69 Å². The summed E-state index contributed by atoms with van der Waals surface area (Å²) in [4.78, 5) is 27.7. The number of esters is 1. The molecule has 0 saturated carbocycles. The highest BCUT2D eigenvalue weighted by molar-refractivity contribution is 7.98. The number of nitrogens with one attached hydrogen (secondary N) is 1. The summed E-state index contributed by atoms with van der Waals surface area (Å²) in [6.45, 7) is 3.39. The Labute approximate surface area is 223 Å². The lowest BCUT2D eigenvalue weighted by atomic mass is 9.75. The van der Waals surface area contributed by atoms with Crippen LogP contribution in [0.3, 0.4) is 0 Å². The molecule has 1 N–H and O–H groups in total. The van der Waals surface area contributed by atoms with Crippen LogP contribution in [-0.4, -0.2) is 18.1 Å². The van der Waals surface area contributed by atoms with E-state index < -0.39 is 18.0 Å². The Bertz CT molecular complexity index is 1280. The Morgan fingerprint density at radius 1 is 0.730 bits per heavy atom. The first-order chi connectivity index (χ1) is 18.0. The highest BCUT2D eigenvalue weighted by Gasteiger charge is 2.40.